The van der Waals surface area contributed by atoms with Crippen LogP contribution in [0, 0.1) is 6.92 Å². The second-order valence-corrected chi connectivity index (χ2v) is 4.14. The van der Waals surface area contributed by atoms with Crippen molar-refractivity contribution < 1.29 is 0 Å². The number of aromatic amines is 1. The van der Waals surface area contributed by atoms with Gasteiger partial charge < -0.3 is 5.73 Å². The van der Waals surface area contributed by atoms with Crippen LogP contribution >= 0.6 is 0 Å². The molecule has 0 amide bonds. The first-order valence-corrected chi connectivity index (χ1v) is 5.00. The molecule has 1 aromatic rings. The zero-order chi connectivity index (χ0) is 9.47. The van der Waals surface area contributed by atoms with E-state index in [0.717, 1.165) is 5.56 Å². The first-order chi connectivity index (χ1) is 6.19. The Morgan fingerprint density at radius 2 is 2.23 bits per heavy atom. The lowest BCUT2D eigenvalue weighted by Crippen LogP contribution is -2.08. The van der Waals surface area contributed by atoms with Gasteiger partial charge in [0.2, 0.25) is 0 Å². The summed E-state index contributed by atoms with van der Waals surface area (Å²) >= 11 is 0. The molecule has 0 aliphatic heterocycles. The zero-order valence-corrected chi connectivity index (χ0v) is 8.35. The molecule has 0 radical (unpaired) electrons. The molecular weight excluding hydrogens is 162 g/mol. The summed E-state index contributed by atoms with van der Waals surface area (Å²) in [6.45, 7) is 4.29. The molecule has 0 atom stereocenters. The molecule has 2 rings (SSSR count). The van der Waals surface area contributed by atoms with E-state index >= 15 is 0 Å². The van der Waals surface area contributed by atoms with E-state index in [4.69, 9.17) is 5.73 Å². The lowest BCUT2D eigenvalue weighted by Gasteiger charge is -2.12. The van der Waals surface area contributed by atoms with Gasteiger partial charge in [-0.25, -0.2) is 0 Å². The Morgan fingerprint density at radius 1 is 1.54 bits per heavy atom. The fourth-order valence-corrected chi connectivity index (χ4v) is 2.18. The van der Waals surface area contributed by atoms with Crippen molar-refractivity contribution in [1.29, 1.82) is 0 Å². The lowest BCUT2D eigenvalue weighted by molar-refractivity contribution is 0.585. The van der Waals surface area contributed by atoms with Crippen molar-refractivity contribution in [3.63, 3.8) is 0 Å². The third-order valence-corrected chi connectivity index (χ3v) is 3.16. The van der Waals surface area contributed by atoms with Gasteiger partial charge in [-0.2, -0.15) is 5.10 Å². The van der Waals surface area contributed by atoms with Crippen molar-refractivity contribution >= 4 is 5.82 Å². The molecule has 1 aliphatic carbocycles. The fourth-order valence-electron chi connectivity index (χ4n) is 2.18. The maximum absolute atomic E-state index is 5.72. The topological polar surface area (TPSA) is 54.7 Å². The second-order valence-electron chi connectivity index (χ2n) is 4.14. The average molecular weight is 179 g/mol. The number of aromatic nitrogens is 2. The largest absolute Gasteiger partial charge is 0.382 e. The van der Waals surface area contributed by atoms with Gasteiger partial charge in [-0.15, -0.1) is 0 Å². The summed E-state index contributed by atoms with van der Waals surface area (Å²) in [6.07, 6.45) is 5.08. The zero-order valence-electron chi connectivity index (χ0n) is 8.35. The smallest absolute Gasteiger partial charge is 0.148 e. The number of rotatable bonds is 3. The van der Waals surface area contributed by atoms with E-state index in [1.807, 2.05) is 0 Å². The van der Waals surface area contributed by atoms with E-state index in [2.05, 4.69) is 24.0 Å². The highest BCUT2D eigenvalue weighted by Gasteiger charge is 2.45. The van der Waals surface area contributed by atoms with E-state index in [0.29, 0.717) is 11.2 Å². The number of nitrogen functional groups attached to an aromatic ring is 1. The molecule has 1 aliphatic rings. The minimum atomic E-state index is 0.406. The molecule has 1 heterocycles. The van der Waals surface area contributed by atoms with Crippen molar-refractivity contribution in [2.24, 2.45) is 0 Å². The molecule has 0 unspecified atom stereocenters. The van der Waals surface area contributed by atoms with Gasteiger partial charge >= 0.3 is 0 Å². The molecule has 0 saturated heterocycles. The number of anilines is 1. The first kappa shape index (κ1) is 8.60. The molecular formula is C10H17N3. The quantitative estimate of drug-likeness (QED) is 0.746. The third-order valence-electron chi connectivity index (χ3n) is 3.16. The van der Waals surface area contributed by atoms with Crippen LogP contribution < -0.4 is 5.73 Å². The number of nitrogens with one attached hydrogen (secondary N) is 1. The van der Waals surface area contributed by atoms with E-state index in [-0.39, 0.29) is 0 Å². The monoisotopic (exact) mass is 179 g/mol. The molecule has 72 valence electrons. The molecule has 1 saturated carbocycles. The van der Waals surface area contributed by atoms with Crippen molar-refractivity contribution in [1.82, 2.24) is 10.2 Å². The van der Waals surface area contributed by atoms with Crippen LogP contribution in [-0.2, 0) is 5.41 Å². The summed E-state index contributed by atoms with van der Waals surface area (Å²) in [5.41, 5.74) is 8.57. The Labute approximate surface area is 78.7 Å². The van der Waals surface area contributed by atoms with Crippen molar-refractivity contribution in [3.05, 3.63) is 11.3 Å². The highest BCUT2D eigenvalue weighted by atomic mass is 15.2. The normalized spacial score (nSPS) is 18.9. The maximum Gasteiger partial charge on any atom is 0.148 e. The van der Waals surface area contributed by atoms with Crippen LogP contribution in [0.3, 0.4) is 0 Å². The van der Waals surface area contributed by atoms with Crippen LogP contribution in [-0.4, -0.2) is 10.2 Å². The molecule has 0 spiro atoms. The van der Waals surface area contributed by atoms with Gasteiger partial charge in [0.25, 0.3) is 0 Å². The van der Waals surface area contributed by atoms with Crippen LogP contribution in [0.2, 0.25) is 0 Å². The van der Waals surface area contributed by atoms with Gasteiger partial charge in [0.1, 0.15) is 5.82 Å². The molecule has 1 aromatic heterocycles. The number of H-pyrrole nitrogens is 1. The highest BCUT2D eigenvalue weighted by molar-refractivity contribution is 5.45. The Morgan fingerprint density at radius 3 is 2.62 bits per heavy atom. The number of hydrogen-bond donors (Lipinski definition) is 2. The molecule has 3 heteroatoms. The number of hydrogen-bond acceptors (Lipinski definition) is 2. The maximum atomic E-state index is 5.72. The predicted molar refractivity (Wildman–Crippen MR) is 53.6 cm³/mol. The SMILES string of the molecule is CCCC1(c2[nH]nc(N)c2C)CC1. The number of nitrogens with two attached hydrogens (primary N) is 1. The average Bonchev–Trinajstić information content (AvgIpc) is 2.79. The minimum Gasteiger partial charge on any atom is -0.382 e. The Bertz CT molecular complexity index is 310. The summed E-state index contributed by atoms with van der Waals surface area (Å²) in [7, 11) is 0. The van der Waals surface area contributed by atoms with Crippen LogP contribution in [0.25, 0.3) is 0 Å². The van der Waals surface area contributed by atoms with E-state index in [9.17, 15) is 0 Å². The Balaban J connectivity index is 2.30. The van der Waals surface area contributed by atoms with Crippen LogP contribution in [0.4, 0.5) is 5.82 Å². The van der Waals surface area contributed by atoms with Crippen LogP contribution in [0.1, 0.15) is 43.9 Å². The van der Waals surface area contributed by atoms with E-state index in [1.54, 1.807) is 0 Å². The molecule has 0 aromatic carbocycles. The summed E-state index contributed by atoms with van der Waals surface area (Å²) in [6, 6.07) is 0. The van der Waals surface area contributed by atoms with Gasteiger partial charge in [-0.05, 0) is 26.2 Å². The van der Waals surface area contributed by atoms with Gasteiger partial charge in [0.05, 0.1) is 0 Å². The lowest BCUT2D eigenvalue weighted by atomic mass is 9.94. The summed E-state index contributed by atoms with van der Waals surface area (Å²) < 4.78 is 0. The van der Waals surface area contributed by atoms with Crippen molar-refractivity contribution in [2.45, 2.75) is 44.9 Å². The Kier molecular flexibility index (Phi) is 1.82. The molecule has 1 fully saturated rings. The van der Waals surface area contributed by atoms with Crippen molar-refractivity contribution in [3.8, 4) is 0 Å². The van der Waals surface area contributed by atoms with Gasteiger partial charge in [0.15, 0.2) is 0 Å². The third kappa shape index (κ3) is 1.23. The molecule has 3 N–H and O–H groups in total. The molecule has 13 heavy (non-hydrogen) atoms. The first-order valence-electron chi connectivity index (χ1n) is 5.00. The van der Waals surface area contributed by atoms with Gasteiger partial charge in [-0.3, -0.25) is 5.10 Å². The summed E-state index contributed by atoms with van der Waals surface area (Å²) in [5, 5.41) is 7.14. The minimum absolute atomic E-state index is 0.406. The standard InChI is InChI=1S/C10H17N3/c1-3-4-10(5-6-10)8-7(2)9(11)13-12-8/h3-6H2,1-2H3,(H3,11,12,13). The van der Waals surface area contributed by atoms with Crippen LogP contribution in [0.15, 0.2) is 0 Å². The van der Waals surface area contributed by atoms with Crippen LogP contribution in [0.5, 0.6) is 0 Å². The number of nitrogens with zero attached hydrogens (tertiary/aromatic N) is 1. The summed E-state index contributed by atoms with van der Waals surface area (Å²) in [5.74, 6) is 0.664. The van der Waals surface area contributed by atoms with E-state index < -0.39 is 0 Å². The summed E-state index contributed by atoms with van der Waals surface area (Å²) in [4.78, 5) is 0. The van der Waals surface area contributed by atoms with Gasteiger partial charge in [0, 0.05) is 16.7 Å². The predicted octanol–water partition coefficient (Wildman–Crippen LogP) is 2.13. The van der Waals surface area contributed by atoms with Gasteiger partial charge in [-0.1, -0.05) is 13.3 Å². The van der Waals surface area contributed by atoms with E-state index in [1.165, 1.54) is 31.4 Å². The fraction of sp³-hybridized carbons (Fsp3) is 0.700. The Hall–Kier alpha value is -0.990. The van der Waals surface area contributed by atoms with Crippen molar-refractivity contribution in [2.75, 3.05) is 5.73 Å². The molecule has 0 bridgehead atoms. The molecule has 3 nitrogen and oxygen atoms in total. The second kappa shape index (κ2) is 2.76. The highest BCUT2D eigenvalue weighted by Crippen LogP contribution is 2.52.